The summed E-state index contributed by atoms with van der Waals surface area (Å²) in [5.41, 5.74) is -0.148. The maximum atomic E-state index is 11.4. The number of rotatable bonds is 13. The quantitative estimate of drug-likeness (QED) is 0.117. The summed E-state index contributed by atoms with van der Waals surface area (Å²) in [6, 6.07) is 0. The minimum atomic E-state index is -0.688. The molecule has 0 radical (unpaired) electrons. The highest BCUT2D eigenvalue weighted by Gasteiger charge is 2.31. The molecule has 0 aromatic rings. The fourth-order valence-corrected chi connectivity index (χ4v) is 2.70. The van der Waals surface area contributed by atoms with Crippen LogP contribution in [-0.2, 0) is 14.3 Å². The third kappa shape index (κ3) is 9.40. The number of allylic oxidation sites excluding steroid dienone is 7. The van der Waals surface area contributed by atoms with Gasteiger partial charge in [0.05, 0.1) is 0 Å². The molecule has 1 aliphatic rings. The fourth-order valence-electron chi connectivity index (χ4n) is 2.70. The first-order valence-electron chi connectivity index (χ1n) is 9.74. The van der Waals surface area contributed by atoms with Gasteiger partial charge in [0.2, 0.25) is 5.78 Å². The summed E-state index contributed by atoms with van der Waals surface area (Å²) in [6.45, 7) is 1.90. The molecule has 26 heavy (non-hydrogen) atoms. The lowest BCUT2D eigenvalue weighted by Gasteiger charge is -2.02. The highest BCUT2D eigenvalue weighted by molar-refractivity contribution is 6.22. The van der Waals surface area contributed by atoms with Gasteiger partial charge >= 0.3 is 5.97 Å². The average molecular weight is 360 g/mol. The van der Waals surface area contributed by atoms with E-state index in [0.717, 1.165) is 57.8 Å². The van der Waals surface area contributed by atoms with Crippen molar-refractivity contribution >= 4 is 11.8 Å². The molecule has 1 rings (SSSR count). The Morgan fingerprint density at radius 3 is 2.19 bits per heavy atom. The number of hydrogen-bond acceptors (Lipinski definition) is 4. The zero-order valence-corrected chi connectivity index (χ0v) is 15.9. The van der Waals surface area contributed by atoms with Crippen LogP contribution in [0.2, 0.25) is 0 Å². The van der Waals surface area contributed by atoms with Gasteiger partial charge in [-0.15, -0.1) is 0 Å². The van der Waals surface area contributed by atoms with E-state index in [0.29, 0.717) is 6.42 Å². The van der Waals surface area contributed by atoms with Crippen molar-refractivity contribution in [2.45, 2.75) is 71.1 Å². The van der Waals surface area contributed by atoms with Crippen LogP contribution in [-0.4, -0.2) is 23.5 Å². The summed E-state index contributed by atoms with van der Waals surface area (Å²) >= 11 is 0. The van der Waals surface area contributed by atoms with E-state index in [1.165, 1.54) is 0 Å². The molecule has 0 aromatic carbocycles. The first-order valence-corrected chi connectivity index (χ1v) is 9.74. The van der Waals surface area contributed by atoms with Gasteiger partial charge in [0.1, 0.15) is 11.3 Å². The lowest BCUT2D eigenvalue weighted by molar-refractivity contribution is -0.135. The molecule has 1 N–H and O–H groups in total. The van der Waals surface area contributed by atoms with Crippen LogP contribution in [0.5, 0.6) is 0 Å². The molecule has 4 nitrogen and oxygen atoms in total. The van der Waals surface area contributed by atoms with Crippen LogP contribution < -0.4 is 0 Å². The lowest BCUT2D eigenvalue weighted by atomic mass is 10.1. The third-order valence-corrected chi connectivity index (χ3v) is 4.17. The van der Waals surface area contributed by atoms with Crippen LogP contribution in [0.3, 0.4) is 0 Å². The van der Waals surface area contributed by atoms with Crippen molar-refractivity contribution < 1.29 is 19.4 Å². The molecule has 0 amide bonds. The van der Waals surface area contributed by atoms with E-state index < -0.39 is 11.8 Å². The van der Waals surface area contributed by atoms with Crippen LogP contribution in [0, 0.1) is 0 Å². The van der Waals surface area contributed by atoms with Crippen LogP contribution in [0.15, 0.2) is 47.8 Å². The summed E-state index contributed by atoms with van der Waals surface area (Å²) in [5.74, 6) is -1.21. The van der Waals surface area contributed by atoms with Gasteiger partial charge in [0.25, 0.3) is 0 Å². The van der Waals surface area contributed by atoms with Crippen LogP contribution in [0.1, 0.15) is 71.1 Å². The molecule has 0 atom stereocenters. The molecule has 0 bridgehead atoms. The second kappa shape index (κ2) is 14.1. The first kappa shape index (κ1) is 21.9. The summed E-state index contributed by atoms with van der Waals surface area (Å²) in [6.07, 6.45) is 23.0. The van der Waals surface area contributed by atoms with Gasteiger partial charge in [-0.25, -0.2) is 4.79 Å². The van der Waals surface area contributed by atoms with Crippen molar-refractivity contribution in [3.8, 4) is 0 Å². The normalized spacial score (nSPS) is 17.1. The first-order chi connectivity index (χ1) is 12.7. The highest BCUT2D eigenvalue weighted by Crippen LogP contribution is 2.18. The molecule has 0 unspecified atom stereocenters. The molecule has 0 aromatic heterocycles. The maximum absolute atomic E-state index is 11.4. The molecule has 1 fully saturated rings. The Balaban J connectivity index is 1.99. The number of cyclic esters (lactones) is 1. The van der Waals surface area contributed by atoms with E-state index in [-0.39, 0.29) is 17.9 Å². The second-order valence-corrected chi connectivity index (χ2v) is 6.42. The summed E-state index contributed by atoms with van der Waals surface area (Å²) < 4.78 is 4.61. The minimum Gasteiger partial charge on any atom is -0.511 e. The van der Waals surface area contributed by atoms with E-state index in [9.17, 15) is 14.7 Å². The van der Waals surface area contributed by atoms with E-state index >= 15 is 0 Å². The number of carbonyl (C=O) groups excluding carboxylic acids is 2. The Bertz CT molecular complexity index is 534. The fraction of sp³-hybridized carbons (Fsp3) is 0.545. The number of ketones is 1. The second-order valence-electron chi connectivity index (χ2n) is 6.42. The van der Waals surface area contributed by atoms with Gasteiger partial charge in [-0.1, -0.05) is 62.6 Å². The average Bonchev–Trinajstić information content (AvgIpc) is 2.96. The van der Waals surface area contributed by atoms with E-state index in [1.807, 2.05) is 0 Å². The maximum Gasteiger partial charge on any atom is 0.345 e. The van der Waals surface area contributed by atoms with E-state index in [2.05, 4.69) is 48.1 Å². The molecule has 1 saturated heterocycles. The molecular formula is C22H32O4. The molecule has 1 heterocycles. The van der Waals surface area contributed by atoms with Gasteiger partial charge in [-0.3, -0.25) is 4.79 Å². The smallest absolute Gasteiger partial charge is 0.345 e. The van der Waals surface area contributed by atoms with Gasteiger partial charge in [-0.2, -0.15) is 0 Å². The number of unbranched alkanes of at least 4 members (excludes halogenated alkanes) is 5. The molecular weight excluding hydrogens is 328 g/mol. The minimum absolute atomic E-state index is 0.112. The van der Waals surface area contributed by atoms with Gasteiger partial charge in [-0.05, 0) is 38.5 Å². The SMILES string of the molecule is CCC=CCC=CCC=CCCCCCCCC(O)=C1C(=O)COC1=O. The number of hydrogen-bond donors (Lipinski definition) is 1. The Morgan fingerprint density at radius 2 is 1.54 bits per heavy atom. The van der Waals surface area contributed by atoms with E-state index in [1.54, 1.807) is 0 Å². The molecule has 144 valence electrons. The molecule has 4 heteroatoms. The largest absolute Gasteiger partial charge is 0.511 e. The zero-order chi connectivity index (χ0) is 19.0. The Hall–Kier alpha value is -2.10. The van der Waals surface area contributed by atoms with Crippen molar-refractivity contribution in [2.75, 3.05) is 6.61 Å². The van der Waals surface area contributed by atoms with Crippen molar-refractivity contribution in [1.29, 1.82) is 0 Å². The molecule has 1 aliphatic heterocycles. The number of carbonyl (C=O) groups is 2. The monoisotopic (exact) mass is 360 g/mol. The van der Waals surface area contributed by atoms with Gasteiger partial charge in [0, 0.05) is 6.42 Å². The summed E-state index contributed by atoms with van der Waals surface area (Å²) in [5, 5.41) is 9.83. The van der Waals surface area contributed by atoms with Crippen molar-refractivity contribution in [3.63, 3.8) is 0 Å². The standard InChI is InChI=1S/C22H32O4/c1-2-3-4-5-6-7-8-9-10-11-12-13-14-15-16-17-19(23)21-20(24)18-26-22(21)25/h3-4,6-7,9-10,23H,2,5,8,11-18H2,1H3. The topological polar surface area (TPSA) is 63.6 Å². The molecule has 0 aliphatic carbocycles. The summed E-state index contributed by atoms with van der Waals surface area (Å²) in [4.78, 5) is 22.7. The predicted molar refractivity (Wildman–Crippen MR) is 105 cm³/mol. The van der Waals surface area contributed by atoms with Crippen molar-refractivity contribution in [1.82, 2.24) is 0 Å². The Kier molecular flexibility index (Phi) is 11.9. The van der Waals surface area contributed by atoms with Crippen LogP contribution >= 0.6 is 0 Å². The van der Waals surface area contributed by atoms with Crippen molar-refractivity contribution in [2.24, 2.45) is 0 Å². The number of esters is 1. The highest BCUT2D eigenvalue weighted by atomic mass is 16.5. The van der Waals surface area contributed by atoms with Gasteiger partial charge in [0.15, 0.2) is 6.61 Å². The molecule has 0 saturated carbocycles. The number of Topliss-reactive ketones (excluding diaryl/α,β-unsaturated/α-hetero) is 1. The number of aliphatic hydroxyl groups excluding tert-OH is 1. The van der Waals surface area contributed by atoms with Crippen LogP contribution in [0.25, 0.3) is 0 Å². The number of ether oxygens (including phenoxy) is 1. The lowest BCUT2D eigenvalue weighted by Crippen LogP contribution is -2.05. The van der Waals surface area contributed by atoms with Crippen molar-refractivity contribution in [3.05, 3.63) is 47.8 Å². The third-order valence-electron chi connectivity index (χ3n) is 4.17. The van der Waals surface area contributed by atoms with Gasteiger partial charge < -0.3 is 9.84 Å². The Labute approximate surface area is 157 Å². The molecule has 0 spiro atoms. The predicted octanol–water partition coefficient (Wildman–Crippen LogP) is 5.51. The Morgan fingerprint density at radius 1 is 0.923 bits per heavy atom. The van der Waals surface area contributed by atoms with Crippen LogP contribution in [0.4, 0.5) is 0 Å². The zero-order valence-electron chi connectivity index (χ0n) is 15.9. The summed E-state index contributed by atoms with van der Waals surface area (Å²) in [7, 11) is 0. The van der Waals surface area contributed by atoms with E-state index in [4.69, 9.17) is 0 Å². The number of aliphatic hydroxyl groups is 1.